The van der Waals surface area contributed by atoms with E-state index >= 15 is 0 Å². The van der Waals surface area contributed by atoms with Crippen LogP contribution in [0.25, 0.3) is 10.4 Å². The van der Waals surface area contributed by atoms with Gasteiger partial charge in [-0.15, -0.1) is 0 Å². The van der Waals surface area contributed by atoms with Gasteiger partial charge in [-0.05, 0) is 5.53 Å². The molecule has 5 nitrogen and oxygen atoms in total. The SMILES string of the molecule is [N-]=[N+]=NCC(O)C(O)c1c(F)cc(F)cc1F. The smallest absolute Gasteiger partial charge is 0.134 e. The number of halogens is 3. The number of nitrogens with zero attached hydrogens (tertiary/aromatic N) is 3. The minimum Gasteiger partial charge on any atom is -0.390 e. The zero-order valence-electron chi connectivity index (χ0n) is 8.39. The van der Waals surface area contributed by atoms with Crippen molar-refractivity contribution in [1.82, 2.24) is 0 Å². The number of hydrogen-bond donors (Lipinski definition) is 2. The maximum Gasteiger partial charge on any atom is 0.134 e. The largest absolute Gasteiger partial charge is 0.390 e. The highest BCUT2D eigenvalue weighted by molar-refractivity contribution is 5.24. The molecule has 0 aliphatic carbocycles. The van der Waals surface area contributed by atoms with E-state index in [1.165, 1.54) is 0 Å². The summed E-state index contributed by atoms with van der Waals surface area (Å²) in [6.45, 7) is -0.562. The van der Waals surface area contributed by atoms with Crippen LogP contribution in [0.3, 0.4) is 0 Å². The van der Waals surface area contributed by atoms with Gasteiger partial charge in [0.1, 0.15) is 23.6 Å². The van der Waals surface area contributed by atoms with Crippen molar-refractivity contribution in [2.45, 2.75) is 12.2 Å². The molecular formula is C9H8F3N3O2. The van der Waals surface area contributed by atoms with Gasteiger partial charge in [-0.25, -0.2) is 13.2 Å². The van der Waals surface area contributed by atoms with Gasteiger partial charge in [0, 0.05) is 17.0 Å². The summed E-state index contributed by atoms with van der Waals surface area (Å²) in [4.78, 5) is 2.32. The van der Waals surface area contributed by atoms with E-state index in [9.17, 15) is 23.4 Å². The van der Waals surface area contributed by atoms with Crippen LogP contribution in [0.1, 0.15) is 11.7 Å². The Kier molecular flexibility index (Phi) is 4.33. The van der Waals surface area contributed by atoms with Crippen LogP contribution in [0.5, 0.6) is 0 Å². The molecule has 2 N–H and O–H groups in total. The summed E-state index contributed by atoms with van der Waals surface area (Å²) in [7, 11) is 0. The van der Waals surface area contributed by atoms with Crippen molar-refractivity contribution in [1.29, 1.82) is 0 Å². The first kappa shape index (κ1) is 13.3. The van der Waals surface area contributed by atoms with Gasteiger partial charge in [0.25, 0.3) is 0 Å². The molecule has 0 heterocycles. The van der Waals surface area contributed by atoms with Crippen LogP contribution in [-0.2, 0) is 0 Å². The van der Waals surface area contributed by atoms with Gasteiger partial charge in [0.05, 0.1) is 18.2 Å². The van der Waals surface area contributed by atoms with E-state index in [2.05, 4.69) is 10.0 Å². The van der Waals surface area contributed by atoms with Crippen LogP contribution in [0.4, 0.5) is 13.2 Å². The zero-order chi connectivity index (χ0) is 13.0. The highest BCUT2D eigenvalue weighted by Crippen LogP contribution is 2.24. The molecule has 1 aromatic carbocycles. The van der Waals surface area contributed by atoms with Gasteiger partial charge in [-0.1, -0.05) is 5.11 Å². The molecule has 0 radical (unpaired) electrons. The quantitative estimate of drug-likeness (QED) is 0.482. The molecule has 2 unspecified atom stereocenters. The van der Waals surface area contributed by atoms with E-state index in [0.29, 0.717) is 12.1 Å². The second-order valence-electron chi connectivity index (χ2n) is 3.21. The lowest BCUT2D eigenvalue weighted by atomic mass is 10.0. The minimum atomic E-state index is -1.94. The Bertz CT molecular complexity index is 440. The first-order valence-electron chi connectivity index (χ1n) is 4.48. The molecule has 92 valence electrons. The fourth-order valence-corrected chi connectivity index (χ4v) is 1.25. The molecule has 0 saturated heterocycles. The van der Waals surface area contributed by atoms with Crippen LogP contribution in [-0.4, -0.2) is 22.9 Å². The monoisotopic (exact) mass is 247 g/mol. The van der Waals surface area contributed by atoms with Crippen molar-refractivity contribution in [3.8, 4) is 0 Å². The third kappa shape index (κ3) is 3.10. The summed E-state index contributed by atoms with van der Waals surface area (Å²) in [6, 6.07) is 0.754. The predicted octanol–water partition coefficient (Wildman–Crippen LogP) is 1.81. The Morgan fingerprint density at radius 2 is 1.76 bits per heavy atom. The number of aliphatic hydroxyl groups excluding tert-OH is 2. The molecule has 0 aliphatic heterocycles. The lowest BCUT2D eigenvalue weighted by Crippen LogP contribution is -2.23. The first-order valence-corrected chi connectivity index (χ1v) is 4.48. The molecule has 0 spiro atoms. The van der Waals surface area contributed by atoms with Crippen LogP contribution in [0, 0.1) is 17.5 Å². The molecule has 0 amide bonds. The standard InChI is InChI=1S/C9H8F3N3O2/c10-4-1-5(11)8(6(12)2-4)9(17)7(16)3-14-15-13/h1-2,7,9,16-17H,3H2. The Balaban J connectivity index is 3.03. The van der Waals surface area contributed by atoms with Gasteiger partial charge in [0.2, 0.25) is 0 Å². The molecule has 0 bridgehead atoms. The van der Waals surface area contributed by atoms with Crippen LogP contribution in [0.2, 0.25) is 0 Å². The lowest BCUT2D eigenvalue weighted by Gasteiger charge is -2.17. The number of hydrogen-bond acceptors (Lipinski definition) is 3. The van der Waals surface area contributed by atoms with Crippen LogP contribution < -0.4 is 0 Å². The fraction of sp³-hybridized carbons (Fsp3) is 0.333. The Morgan fingerprint density at radius 1 is 1.24 bits per heavy atom. The Hall–Kier alpha value is -1.76. The summed E-state index contributed by atoms with van der Waals surface area (Å²) in [6.07, 6.45) is -3.62. The first-order chi connectivity index (χ1) is 7.97. The number of aliphatic hydroxyl groups is 2. The van der Waals surface area contributed by atoms with Crippen molar-refractivity contribution in [2.75, 3.05) is 6.54 Å². The molecule has 1 rings (SSSR count). The van der Waals surface area contributed by atoms with E-state index in [4.69, 9.17) is 5.53 Å². The molecule has 0 aromatic heterocycles. The highest BCUT2D eigenvalue weighted by Gasteiger charge is 2.25. The van der Waals surface area contributed by atoms with Gasteiger partial charge in [-0.3, -0.25) is 0 Å². The number of azide groups is 1. The third-order valence-corrected chi connectivity index (χ3v) is 2.04. The molecule has 0 fully saturated rings. The van der Waals surface area contributed by atoms with E-state index in [0.717, 1.165) is 0 Å². The van der Waals surface area contributed by atoms with Gasteiger partial charge < -0.3 is 10.2 Å². The number of benzene rings is 1. The topological polar surface area (TPSA) is 89.2 Å². The summed E-state index contributed by atoms with van der Waals surface area (Å²) < 4.78 is 39.0. The van der Waals surface area contributed by atoms with Crippen molar-refractivity contribution in [3.63, 3.8) is 0 Å². The normalized spacial score (nSPS) is 13.9. The van der Waals surface area contributed by atoms with E-state index in [1.807, 2.05) is 0 Å². The van der Waals surface area contributed by atoms with Gasteiger partial charge >= 0.3 is 0 Å². The van der Waals surface area contributed by atoms with E-state index in [1.54, 1.807) is 0 Å². The van der Waals surface area contributed by atoms with E-state index < -0.39 is 41.8 Å². The minimum absolute atomic E-state index is 0.377. The maximum absolute atomic E-state index is 13.2. The third-order valence-electron chi connectivity index (χ3n) is 2.04. The average Bonchev–Trinajstić information content (AvgIpc) is 2.24. The van der Waals surface area contributed by atoms with Crippen molar-refractivity contribution < 1.29 is 23.4 Å². The molecular weight excluding hydrogens is 239 g/mol. The summed E-state index contributed by atoms with van der Waals surface area (Å²) in [5, 5.41) is 21.7. The average molecular weight is 247 g/mol. The number of rotatable bonds is 4. The lowest BCUT2D eigenvalue weighted by molar-refractivity contribution is 0.0198. The predicted molar refractivity (Wildman–Crippen MR) is 51.3 cm³/mol. The molecule has 0 saturated carbocycles. The summed E-state index contributed by atoms with van der Waals surface area (Å²) >= 11 is 0. The van der Waals surface area contributed by atoms with Crippen molar-refractivity contribution in [3.05, 3.63) is 45.6 Å². The highest BCUT2D eigenvalue weighted by atomic mass is 19.1. The molecule has 17 heavy (non-hydrogen) atoms. The molecule has 0 aliphatic rings. The second kappa shape index (κ2) is 5.53. The van der Waals surface area contributed by atoms with Gasteiger partial charge in [0.15, 0.2) is 0 Å². The zero-order valence-corrected chi connectivity index (χ0v) is 8.39. The molecule has 8 heteroatoms. The van der Waals surface area contributed by atoms with Gasteiger partial charge in [-0.2, -0.15) is 0 Å². The van der Waals surface area contributed by atoms with Crippen LogP contribution >= 0.6 is 0 Å². The molecule has 1 aromatic rings. The maximum atomic E-state index is 13.2. The molecule has 2 atom stereocenters. The Labute approximate surface area is 93.7 Å². The Morgan fingerprint density at radius 3 is 2.24 bits per heavy atom. The van der Waals surface area contributed by atoms with E-state index in [-0.39, 0.29) is 0 Å². The second-order valence-corrected chi connectivity index (χ2v) is 3.21. The van der Waals surface area contributed by atoms with Crippen molar-refractivity contribution in [2.24, 2.45) is 5.11 Å². The fourth-order valence-electron chi connectivity index (χ4n) is 1.25. The summed E-state index contributed by atoms with van der Waals surface area (Å²) in [5.41, 5.74) is 7.11. The van der Waals surface area contributed by atoms with Crippen LogP contribution in [0.15, 0.2) is 17.2 Å². The summed E-state index contributed by atoms with van der Waals surface area (Å²) in [5.74, 6) is -3.79. The van der Waals surface area contributed by atoms with Crippen molar-refractivity contribution >= 4 is 0 Å².